The van der Waals surface area contributed by atoms with Gasteiger partial charge in [0.05, 0.1) is 11.2 Å². The Hall–Kier alpha value is -4.39. The molecule has 150 valence electrons. The highest BCUT2D eigenvalue weighted by Gasteiger charge is 2.16. The zero-order chi connectivity index (χ0) is 21.4. The summed E-state index contributed by atoms with van der Waals surface area (Å²) in [6.45, 7) is 0. The van der Waals surface area contributed by atoms with Gasteiger partial charge in [0.25, 0.3) is 5.91 Å². The van der Waals surface area contributed by atoms with Gasteiger partial charge in [0.2, 0.25) is 5.82 Å². The Morgan fingerprint density at radius 3 is 2.48 bits per heavy atom. The topological polar surface area (TPSA) is 87.7 Å². The van der Waals surface area contributed by atoms with Crippen molar-refractivity contribution in [1.82, 2.24) is 15.0 Å². The van der Waals surface area contributed by atoms with Crippen molar-refractivity contribution in [3.63, 3.8) is 0 Å². The molecule has 0 aliphatic heterocycles. The number of H-pyrrole nitrogens is 1. The maximum atomic E-state index is 14.6. The summed E-state index contributed by atoms with van der Waals surface area (Å²) < 4.78 is 14.6. The molecule has 0 unspecified atom stereocenters. The number of benzene rings is 3. The summed E-state index contributed by atoms with van der Waals surface area (Å²) in [5.74, 6) is -1.32. The maximum absolute atomic E-state index is 14.6. The summed E-state index contributed by atoms with van der Waals surface area (Å²) >= 11 is 0. The van der Waals surface area contributed by atoms with E-state index in [-0.39, 0.29) is 22.8 Å². The molecule has 0 radical (unpaired) electrons. The number of aromatic nitrogens is 3. The minimum Gasteiger partial charge on any atom is -0.351 e. The van der Waals surface area contributed by atoms with E-state index in [0.29, 0.717) is 10.9 Å². The molecule has 0 saturated heterocycles. The zero-order valence-corrected chi connectivity index (χ0v) is 16.1. The first-order chi connectivity index (χ1) is 15.1. The average Bonchev–Trinajstić information content (AvgIpc) is 3.16. The Bertz CT molecular complexity index is 1490. The number of halogens is 1. The van der Waals surface area contributed by atoms with Crippen LogP contribution >= 0.6 is 0 Å². The molecule has 0 bridgehead atoms. The van der Waals surface area contributed by atoms with Crippen LogP contribution in [-0.4, -0.2) is 20.9 Å². The van der Waals surface area contributed by atoms with Crippen LogP contribution in [0.5, 0.6) is 0 Å². The van der Waals surface area contributed by atoms with Crippen molar-refractivity contribution < 1.29 is 9.18 Å². The standard InChI is InChI=1S/C24H15FN4O2/c25-17-10-4-2-8-15(17)21-16-9-3-6-12-19(16)27-24(31)22(28-21)29-23(30)20-13-14-7-1-5-11-18(14)26-20/h1-13,26H,(H,27,28,29,30,31). The third-order valence-electron chi connectivity index (χ3n) is 4.94. The fourth-order valence-electron chi connectivity index (χ4n) is 3.46. The number of carbonyl (C=O) groups excluding carboxylic acids is 1. The van der Waals surface area contributed by atoms with Gasteiger partial charge in [0.1, 0.15) is 11.5 Å². The summed E-state index contributed by atoms with van der Waals surface area (Å²) in [5.41, 5.74) is 1.11. The summed E-state index contributed by atoms with van der Waals surface area (Å²) in [5, 5.41) is 3.89. The fraction of sp³-hybridized carbons (Fsp3) is 0. The van der Waals surface area contributed by atoms with E-state index in [4.69, 9.17) is 0 Å². The number of rotatable bonds is 3. The molecular weight excluding hydrogens is 395 g/mol. The maximum Gasteiger partial charge on any atom is 0.313 e. The molecule has 0 atom stereocenters. The quantitative estimate of drug-likeness (QED) is 0.457. The fourth-order valence-corrected chi connectivity index (χ4v) is 3.46. The molecule has 5 rings (SSSR count). The summed E-state index contributed by atoms with van der Waals surface area (Å²) in [4.78, 5) is 37.0. The van der Waals surface area contributed by atoms with Gasteiger partial charge in [-0.1, -0.05) is 48.5 Å². The van der Waals surface area contributed by atoms with Gasteiger partial charge in [0, 0.05) is 21.9 Å². The van der Waals surface area contributed by atoms with Gasteiger partial charge in [-0.25, -0.2) is 14.4 Å². The second-order valence-electron chi connectivity index (χ2n) is 6.95. The van der Waals surface area contributed by atoms with Gasteiger partial charge in [-0.05, 0) is 30.3 Å². The van der Waals surface area contributed by atoms with Gasteiger partial charge < -0.3 is 10.3 Å². The van der Waals surface area contributed by atoms with Crippen molar-refractivity contribution in [2.75, 3.05) is 5.32 Å². The number of aromatic amines is 1. The Balaban J connectivity index is 1.67. The minimum absolute atomic E-state index is 0.206. The van der Waals surface area contributed by atoms with Crippen LogP contribution in [0.2, 0.25) is 0 Å². The number of hydrogen-bond donors (Lipinski definition) is 2. The largest absolute Gasteiger partial charge is 0.351 e. The molecule has 0 saturated carbocycles. The molecule has 3 aromatic carbocycles. The van der Waals surface area contributed by atoms with Crippen LogP contribution in [0.1, 0.15) is 10.5 Å². The summed E-state index contributed by atoms with van der Waals surface area (Å²) in [6, 6.07) is 22.1. The van der Waals surface area contributed by atoms with E-state index in [9.17, 15) is 14.0 Å². The van der Waals surface area contributed by atoms with Gasteiger partial charge in [-0.3, -0.25) is 9.59 Å². The number of amides is 1. The predicted molar refractivity (Wildman–Crippen MR) is 117 cm³/mol. The van der Waals surface area contributed by atoms with Crippen molar-refractivity contribution in [2.45, 2.75) is 0 Å². The minimum atomic E-state index is -0.719. The average molecular weight is 410 g/mol. The Labute approximate surface area is 175 Å². The van der Waals surface area contributed by atoms with Gasteiger partial charge in [-0.2, -0.15) is 0 Å². The smallest absolute Gasteiger partial charge is 0.313 e. The molecule has 31 heavy (non-hydrogen) atoms. The summed E-state index contributed by atoms with van der Waals surface area (Å²) in [7, 11) is 0. The lowest BCUT2D eigenvalue weighted by Crippen LogP contribution is -2.20. The zero-order valence-electron chi connectivity index (χ0n) is 16.1. The van der Waals surface area contributed by atoms with Gasteiger partial charge >= 0.3 is 5.56 Å². The van der Waals surface area contributed by atoms with Crippen LogP contribution in [0.4, 0.5) is 10.2 Å². The van der Waals surface area contributed by atoms with Crippen molar-refractivity contribution in [1.29, 1.82) is 0 Å². The van der Waals surface area contributed by atoms with Gasteiger partial charge in [0.15, 0.2) is 0 Å². The van der Waals surface area contributed by atoms with E-state index in [1.807, 2.05) is 24.3 Å². The Kier molecular flexibility index (Phi) is 4.48. The van der Waals surface area contributed by atoms with Crippen LogP contribution in [-0.2, 0) is 0 Å². The molecule has 0 aliphatic rings. The normalized spacial score (nSPS) is 11.0. The van der Waals surface area contributed by atoms with Crippen LogP contribution in [0, 0.1) is 5.82 Å². The molecule has 2 heterocycles. The molecule has 5 aromatic rings. The van der Waals surface area contributed by atoms with E-state index < -0.39 is 17.3 Å². The Morgan fingerprint density at radius 1 is 0.903 bits per heavy atom. The summed E-state index contributed by atoms with van der Waals surface area (Å²) in [6.07, 6.45) is 0. The number of nitrogens with zero attached hydrogens (tertiary/aromatic N) is 2. The monoisotopic (exact) mass is 410 g/mol. The van der Waals surface area contributed by atoms with Crippen molar-refractivity contribution in [3.05, 3.63) is 101 Å². The van der Waals surface area contributed by atoms with E-state index >= 15 is 0 Å². The molecule has 0 aliphatic carbocycles. The first kappa shape index (κ1) is 18.6. The van der Waals surface area contributed by atoms with Crippen LogP contribution in [0.3, 0.4) is 0 Å². The molecule has 7 heteroatoms. The molecule has 0 spiro atoms. The lowest BCUT2D eigenvalue weighted by atomic mass is 10.1. The van der Waals surface area contributed by atoms with Gasteiger partial charge in [-0.15, -0.1) is 0 Å². The molecule has 1 amide bonds. The molecule has 2 N–H and O–H groups in total. The van der Waals surface area contributed by atoms with E-state index in [0.717, 1.165) is 10.9 Å². The number of hydrogen-bond acceptors (Lipinski definition) is 4. The lowest BCUT2D eigenvalue weighted by Gasteiger charge is -2.04. The number of para-hydroxylation sites is 2. The first-order valence-corrected chi connectivity index (χ1v) is 9.55. The van der Waals surface area contributed by atoms with Crippen molar-refractivity contribution in [2.24, 2.45) is 0 Å². The number of nitrogens with one attached hydrogen (secondary N) is 2. The number of anilines is 1. The van der Waals surface area contributed by atoms with Crippen molar-refractivity contribution >= 4 is 33.5 Å². The molecule has 2 aromatic heterocycles. The second-order valence-corrected chi connectivity index (χ2v) is 6.95. The van der Waals surface area contributed by atoms with Crippen LogP contribution in [0.15, 0.2) is 83.7 Å². The van der Waals surface area contributed by atoms with E-state index in [1.54, 1.807) is 48.5 Å². The van der Waals surface area contributed by atoms with E-state index in [1.165, 1.54) is 6.07 Å². The molecule has 0 fully saturated rings. The Morgan fingerprint density at radius 2 is 1.65 bits per heavy atom. The highest BCUT2D eigenvalue weighted by Crippen LogP contribution is 2.27. The van der Waals surface area contributed by atoms with Crippen LogP contribution in [0.25, 0.3) is 33.1 Å². The number of carbonyl (C=O) groups is 1. The third kappa shape index (κ3) is 3.42. The molecular formula is C24H15FN4O2. The molecule has 6 nitrogen and oxygen atoms in total. The van der Waals surface area contributed by atoms with Crippen molar-refractivity contribution in [3.8, 4) is 11.3 Å². The highest BCUT2D eigenvalue weighted by atomic mass is 19.1. The predicted octanol–water partition coefficient (Wildman–Crippen LogP) is 4.53. The lowest BCUT2D eigenvalue weighted by molar-refractivity contribution is 0.102. The number of fused-ring (bicyclic) bond motifs is 2. The SMILES string of the molecule is O=C(Nc1nc(-c2ccccc2F)c2ccccc2nc1=O)c1cc2ccccc2[nH]1. The van der Waals surface area contributed by atoms with Crippen LogP contribution < -0.4 is 10.9 Å². The highest BCUT2D eigenvalue weighted by molar-refractivity contribution is 6.05. The first-order valence-electron chi connectivity index (χ1n) is 9.55. The second kappa shape index (κ2) is 7.46. The third-order valence-corrected chi connectivity index (χ3v) is 4.94. The van der Waals surface area contributed by atoms with E-state index in [2.05, 4.69) is 20.3 Å².